The summed E-state index contributed by atoms with van der Waals surface area (Å²) in [4.78, 5) is 2.81. The zero-order valence-corrected chi connectivity index (χ0v) is 14.0. The lowest BCUT2D eigenvalue weighted by atomic mass is 9.68. The highest BCUT2D eigenvalue weighted by molar-refractivity contribution is 4.98. The molecule has 2 bridgehead atoms. The van der Waals surface area contributed by atoms with Crippen LogP contribution in [0.4, 0.5) is 0 Å². The topological polar surface area (TPSA) is 15.3 Å². The largest absolute Gasteiger partial charge is 0.311 e. The first kappa shape index (κ1) is 14.8. The van der Waals surface area contributed by atoms with E-state index >= 15 is 0 Å². The fourth-order valence-corrected chi connectivity index (χ4v) is 5.24. The molecule has 3 aliphatic rings. The van der Waals surface area contributed by atoms with Crippen molar-refractivity contribution in [3.05, 3.63) is 0 Å². The first-order chi connectivity index (χ1) is 9.45. The second kappa shape index (κ2) is 5.61. The average molecular weight is 278 g/mol. The SMILES string of the molecule is CN(C1CC2CCC(C1)N2)C1CCCCC1C(C)(C)C. The summed E-state index contributed by atoms with van der Waals surface area (Å²) < 4.78 is 0. The summed E-state index contributed by atoms with van der Waals surface area (Å²) >= 11 is 0. The van der Waals surface area contributed by atoms with E-state index in [1.807, 2.05) is 0 Å². The van der Waals surface area contributed by atoms with Gasteiger partial charge in [-0.2, -0.15) is 0 Å². The first-order valence-corrected chi connectivity index (χ1v) is 8.93. The predicted molar refractivity (Wildman–Crippen MR) is 85.9 cm³/mol. The predicted octanol–water partition coefficient (Wildman–Crippen LogP) is 3.81. The fraction of sp³-hybridized carbons (Fsp3) is 1.00. The van der Waals surface area contributed by atoms with Gasteiger partial charge in [0, 0.05) is 24.2 Å². The molecule has 2 heterocycles. The molecule has 4 atom stereocenters. The third-order valence-electron chi connectivity index (χ3n) is 6.39. The van der Waals surface area contributed by atoms with Crippen molar-refractivity contribution in [3.63, 3.8) is 0 Å². The van der Waals surface area contributed by atoms with Crippen LogP contribution in [0, 0.1) is 11.3 Å². The van der Waals surface area contributed by atoms with Gasteiger partial charge in [-0.15, -0.1) is 0 Å². The Labute approximate surface area is 125 Å². The van der Waals surface area contributed by atoms with E-state index in [1.165, 1.54) is 51.4 Å². The molecule has 3 fully saturated rings. The molecule has 0 aromatic carbocycles. The van der Waals surface area contributed by atoms with E-state index in [9.17, 15) is 0 Å². The van der Waals surface area contributed by atoms with Gasteiger partial charge in [0.25, 0.3) is 0 Å². The maximum Gasteiger partial charge on any atom is 0.0128 e. The number of fused-ring (bicyclic) bond motifs is 2. The zero-order valence-electron chi connectivity index (χ0n) is 14.0. The molecule has 0 amide bonds. The van der Waals surface area contributed by atoms with Gasteiger partial charge in [-0.1, -0.05) is 33.6 Å². The van der Waals surface area contributed by atoms with Crippen LogP contribution in [-0.2, 0) is 0 Å². The molecule has 1 N–H and O–H groups in total. The molecule has 1 aliphatic carbocycles. The number of piperidine rings is 1. The fourth-order valence-electron chi connectivity index (χ4n) is 5.24. The van der Waals surface area contributed by atoms with Crippen LogP contribution in [0.25, 0.3) is 0 Å². The van der Waals surface area contributed by atoms with E-state index in [0.717, 1.165) is 30.1 Å². The number of hydrogen-bond acceptors (Lipinski definition) is 2. The van der Waals surface area contributed by atoms with Crippen LogP contribution in [0.2, 0.25) is 0 Å². The molecule has 0 radical (unpaired) electrons. The van der Waals surface area contributed by atoms with Gasteiger partial charge in [0.05, 0.1) is 0 Å². The summed E-state index contributed by atoms with van der Waals surface area (Å²) in [5.74, 6) is 0.883. The summed E-state index contributed by atoms with van der Waals surface area (Å²) in [5.41, 5.74) is 0.464. The monoisotopic (exact) mass is 278 g/mol. The Morgan fingerprint density at radius 2 is 1.50 bits per heavy atom. The Bertz CT molecular complexity index is 321. The van der Waals surface area contributed by atoms with Crippen LogP contribution in [-0.4, -0.2) is 36.1 Å². The molecule has 3 rings (SSSR count). The summed E-state index contributed by atoms with van der Waals surface area (Å²) in [6.07, 6.45) is 11.4. The maximum atomic E-state index is 3.79. The highest BCUT2D eigenvalue weighted by atomic mass is 15.2. The Kier molecular flexibility index (Phi) is 4.16. The van der Waals surface area contributed by atoms with Crippen LogP contribution in [0.5, 0.6) is 0 Å². The average Bonchev–Trinajstić information content (AvgIpc) is 2.75. The van der Waals surface area contributed by atoms with E-state index in [1.54, 1.807) is 0 Å². The van der Waals surface area contributed by atoms with Gasteiger partial charge < -0.3 is 10.2 Å². The molecule has 1 saturated carbocycles. The second-order valence-corrected chi connectivity index (χ2v) is 8.75. The molecule has 116 valence electrons. The lowest BCUT2D eigenvalue weighted by molar-refractivity contribution is 0.0191. The van der Waals surface area contributed by atoms with Crippen molar-refractivity contribution < 1.29 is 0 Å². The van der Waals surface area contributed by atoms with Gasteiger partial charge in [0.2, 0.25) is 0 Å². The molecule has 20 heavy (non-hydrogen) atoms. The van der Waals surface area contributed by atoms with Gasteiger partial charge in [-0.25, -0.2) is 0 Å². The Hall–Kier alpha value is -0.0800. The van der Waals surface area contributed by atoms with Gasteiger partial charge in [-0.05, 0) is 56.9 Å². The van der Waals surface area contributed by atoms with E-state index in [-0.39, 0.29) is 0 Å². The van der Waals surface area contributed by atoms with Crippen molar-refractivity contribution in [2.45, 2.75) is 96.3 Å². The lowest BCUT2D eigenvalue weighted by Crippen LogP contribution is -2.54. The lowest BCUT2D eigenvalue weighted by Gasteiger charge is -2.48. The molecular weight excluding hydrogens is 244 g/mol. The van der Waals surface area contributed by atoms with Crippen molar-refractivity contribution >= 4 is 0 Å². The second-order valence-electron chi connectivity index (χ2n) is 8.75. The third-order valence-corrected chi connectivity index (χ3v) is 6.39. The molecule has 4 unspecified atom stereocenters. The van der Waals surface area contributed by atoms with Gasteiger partial charge in [0.1, 0.15) is 0 Å². The summed E-state index contributed by atoms with van der Waals surface area (Å²) in [6.45, 7) is 7.36. The summed E-state index contributed by atoms with van der Waals surface area (Å²) in [6, 6.07) is 3.30. The molecule has 2 saturated heterocycles. The summed E-state index contributed by atoms with van der Waals surface area (Å²) in [7, 11) is 2.43. The van der Waals surface area contributed by atoms with E-state index in [4.69, 9.17) is 0 Å². The maximum absolute atomic E-state index is 3.79. The summed E-state index contributed by atoms with van der Waals surface area (Å²) in [5, 5.41) is 3.79. The van der Waals surface area contributed by atoms with Crippen molar-refractivity contribution in [2.75, 3.05) is 7.05 Å². The quantitative estimate of drug-likeness (QED) is 0.826. The number of nitrogens with one attached hydrogen (secondary N) is 1. The van der Waals surface area contributed by atoms with Crippen molar-refractivity contribution in [1.82, 2.24) is 10.2 Å². The Balaban J connectivity index is 1.69. The van der Waals surface area contributed by atoms with Gasteiger partial charge in [-0.3, -0.25) is 0 Å². The number of nitrogens with zero attached hydrogens (tertiary/aromatic N) is 1. The van der Waals surface area contributed by atoms with Crippen LogP contribution in [0.3, 0.4) is 0 Å². The minimum absolute atomic E-state index is 0.464. The molecule has 2 heteroatoms. The van der Waals surface area contributed by atoms with Gasteiger partial charge in [0.15, 0.2) is 0 Å². The van der Waals surface area contributed by atoms with Crippen molar-refractivity contribution in [2.24, 2.45) is 11.3 Å². The minimum Gasteiger partial charge on any atom is -0.311 e. The van der Waals surface area contributed by atoms with E-state index in [0.29, 0.717) is 5.41 Å². The Morgan fingerprint density at radius 3 is 2.10 bits per heavy atom. The molecule has 2 nitrogen and oxygen atoms in total. The van der Waals surface area contributed by atoms with Crippen molar-refractivity contribution in [1.29, 1.82) is 0 Å². The normalized spacial score (nSPS) is 42.1. The smallest absolute Gasteiger partial charge is 0.0128 e. The zero-order chi connectivity index (χ0) is 14.3. The standard InChI is InChI=1S/C18H34N2/c1-18(2,3)16-7-5-6-8-17(16)20(4)15-11-13-9-10-14(12-15)19-13/h13-17,19H,5-12H2,1-4H3. The van der Waals surface area contributed by atoms with Gasteiger partial charge >= 0.3 is 0 Å². The number of hydrogen-bond donors (Lipinski definition) is 1. The third kappa shape index (κ3) is 2.92. The van der Waals surface area contributed by atoms with Crippen molar-refractivity contribution in [3.8, 4) is 0 Å². The molecule has 0 aromatic heterocycles. The highest BCUT2D eigenvalue weighted by Gasteiger charge is 2.41. The highest BCUT2D eigenvalue weighted by Crippen LogP contribution is 2.42. The Morgan fingerprint density at radius 1 is 0.900 bits per heavy atom. The molecule has 0 spiro atoms. The van der Waals surface area contributed by atoms with E-state index < -0.39 is 0 Å². The first-order valence-electron chi connectivity index (χ1n) is 8.93. The van der Waals surface area contributed by atoms with Crippen LogP contribution in [0.1, 0.15) is 72.1 Å². The van der Waals surface area contributed by atoms with Crippen LogP contribution in [0.15, 0.2) is 0 Å². The molecule has 0 aromatic rings. The van der Waals surface area contributed by atoms with E-state index in [2.05, 4.69) is 38.0 Å². The van der Waals surface area contributed by atoms with Crippen LogP contribution < -0.4 is 5.32 Å². The molecular formula is C18H34N2. The minimum atomic E-state index is 0.464. The number of rotatable bonds is 2. The van der Waals surface area contributed by atoms with Crippen LogP contribution >= 0.6 is 0 Å². The molecule has 2 aliphatic heterocycles.